The number of nitrogens with one attached hydrogen (secondary N) is 1. The monoisotopic (exact) mass is 211 g/mol. The summed E-state index contributed by atoms with van der Waals surface area (Å²) in [7, 11) is 0. The maximum absolute atomic E-state index is 5.78. The smallest absolute Gasteiger partial charge is 0.144 e. The number of nitrogens with two attached hydrogens (primary N) is 1. The van der Waals surface area contributed by atoms with Crippen molar-refractivity contribution in [3.63, 3.8) is 0 Å². The van der Waals surface area contributed by atoms with E-state index in [9.17, 15) is 0 Å². The summed E-state index contributed by atoms with van der Waals surface area (Å²) in [5, 5.41) is 7.72. The van der Waals surface area contributed by atoms with E-state index in [0.717, 1.165) is 10.9 Å². The van der Waals surface area contributed by atoms with Crippen LogP contribution in [0.2, 0.25) is 0 Å². The molecule has 5 heteroatoms. The number of hydrogen-bond donors (Lipinski definition) is 2. The third kappa shape index (κ3) is 1.61. The van der Waals surface area contributed by atoms with Crippen LogP contribution in [0.5, 0.6) is 5.75 Å². The number of anilines is 1. The van der Waals surface area contributed by atoms with Gasteiger partial charge >= 0.3 is 0 Å². The Balaban J connectivity index is 2.38. The molecular weight excluding hydrogens is 202 g/mol. The van der Waals surface area contributed by atoms with Crippen LogP contribution < -0.4 is 10.5 Å². The molecule has 3 N–H and O–H groups in total. The number of aromatic amines is 1. The van der Waals surface area contributed by atoms with Gasteiger partial charge in [0, 0.05) is 11.5 Å². The molecule has 0 bridgehead atoms. The highest BCUT2D eigenvalue weighted by atomic mass is 35.5. The van der Waals surface area contributed by atoms with E-state index in [4.69, 9.17) is 22.1 Å². The van der Waals surface area contributed by atoms with Gasteiger partial charge in [0.2, 0.25) is 0 Å². The molecule has 4 nitrogen and oxygen atoms in total. The van der Waals surface area contributed by atoms with Gasteiger partial charge in [-0.1, -0.05) is 0 Å². The van der Waals surface area contributed by atoms with Crippen LogP contribution >= 0.6 is 11.6 Å². The highest BCUT2D eigenvalue weighted by Crippen LogP contribution is 2.26. The van der Waals surface area contributed by atoms with Crippen molar-refractivity contribution in [3.8, 4) is 5.75 Å². The van der Waals surface area contributed by atoms with E-state index in [0.29, 0.717) is 23.9 Å². The van der Waals surface area contributed by atoms with Crippen molar-refractivity contribution < 1.29 is 4.74 Å². The Hall–Kier alpha value is -1.42. The van der Waals surface area contributed by atoms with Crippen LogP contribution in [-0.4, -0.2) is 22.7 Å². The van der Waals surface area contributed by atoms with E-state index < -0.39 is 0 Å². The molecule has 0 saturated heterocycles. The number of H-pyrrole nitrogens is 1. The number of benzene rings is 1. The fourth-order valence-electron chi connectivity index (χ4n) is 1.26. The first-order valence-corrected chi connectivity index (χ1v) is 4.76. The molecule has 0 aliphatic carbocycles. The molecule has 1 aromatic carbocycles. The zero-order chi connectivity index (χ0) is 9.97. The Labute approximate surface area is 86.0 Å². The largest absolute Gasteiger partial charge is 0.490 e. The molecule has 2 rings (SSSR count). The molecule has 0 aliphatic heterocycles. The average molecular weight is 212 g/mol. The third-order valence-electron chi connectivity index (χ3n) is 1.91. The number of nitrogen functional groups attached to an aromatic ring is 1. The van der Waals surface area contributed by atoms with E-state index in [1.165, 1.54) is 0 Å². The van der Waals surface area contributed by atoms with Crippen LogP contribution in [0.25, 0.3) is 10.9 Å². The second kappa shape index (κ2) is 3.75. The van der Waals surface area contributed by atoms with Gasteiger partial charge in [0.1, 0.15) is 12.4 Å². The zero-order valence-electron chi connectivity index (χ0n) is 7.46. The molecule has 0 unspecified atom stereocenters. The van der Waals surface area contributed by atoms with Gasteiger partial charge in [-0.3, -0.25) is 5.10 Å². The normalized spacial score (nSPS) is 10.6. The lowest BCUT2D eigenvalue weighted by molar-refractivity contribution is 0.345. The first-order valence-electron chi connectivity index (χ1n) is 4.22. The molecule has 0 fully saturated rings. The maximum Gasteiger partial charge on any atom is 0.144 e. The van der Waals surface area contributed by atoms with E-state index >= 15 is 0 Å². The quantitative estimate of drug-likeness (QED) is 0.601. The van der Waals surface area contributed by atoms with Crippen molar-refractivity contribution in [2.24, 2.45) is 0 Å². The first kappa shape index (κ1) is 9.15. The van der Waals surface area contributed by atoms with Gasteiger partial charge in [0.05, 0.1) is 23.3 Å². The summed E-state index contributed by atoms with van der Waals surface area (Å²) in [6.45, 7) is 0.450. The lowest BCUT2D eigenvalue weighted by Crippen LogP contribution is -2.00. The molecule has 0 saturated carbocycles. The fourth-order valence-corrected chi connectivity index (χ4v) is 1.34. The molecule has 0 atom stereocenters. The van der Waals surface area contributed by atoms with Crippen LogP contribution in [0.15, 0.2) is 18.3 Å². The summed E-state index contributed by atoms with van der Waals surface area (Å²) < 4.78 is 5.36. The number of nitrogens with zero attached hydrogens (tertiary/aromatic N) is 1. The van der Waals surface area contributed by atoms with Gasteiger partial charge in [-0.15, -0.1) is 11.6 Å². The second-order valence-corrected chi connectivity index (χ2v) is 3.26. The number of alkyl halides is 1. The summed E-state index contributed by atoms with van der Waals surface area (Å²) in [5.74, 6) is 1.09. The predicted molar refractivity (Wildman–Crippen MR) is 56.7 cm³/mol. The summed E-state index contributed by atoms with van der Waals surface area (Å²) >= 11 is 5.51. The SMILES string of the molecule is Nc1cc2cn[nH]c2cc1OCCCl. The van der Waals surface area contributed by atoms with Gasteiger partial charge in [0.15, 0.2) is 0 Å². The first-order chi connectivity index (χ1) is 6.81. The van der Waals surface area contributed by atoms with Crippen LogP contribution in [0.4, 0.5) is 5.69 Å². The Morgan fingerprint density at radius 3 is 3.14 bits per heavy atom. The van der Waals surface area contributed by atoms with Crippen LogP contribution in [-0.2, 0) is 0 Å². The van der Waals surface area contributed by atoms with Gasteiger partial charge in [0.25, 0.3) is 0 Å². The van der Waals surface area contributed by atoms with Crippen LogP contribution in [0.3, 0.4) is 0 Å². The second-order valence-electron chi connectivity index (χ2n) is 2.88. The van der Waals surface area contributed by atoms with Crippen LogP contribution in [0.1, 0.15) is 0 Å². The van der Waals surface area contributed by atoms with E-state index in [-0.39, 0.29) is 0 Å². The molecule has 1 aromatic heterocycles. The Kier molecular flexibility index (Phi) is 2.45. The number of aromatic nitrogens is 2. The van der Waals surface area contributed by atoms with Crippen LogP contribution in [0, 0.1) is 0 Å². The van der Waals surface area contributed by atoms with E-state index in [2.05, 4.69) is 10.2 Å². The van der Waals surface area contributed by atoms with E-state index in [1.54, 1.807) is 6.20 Å². The molecule has 0 radical (unpaired) electrons. The molecule has 14 heavy (non-hydrogen) atoms. The number of fused-ring (bicyclic) bond motifs is 1. The lowest BCUT2D eigenvalue weighted by atomic mass is 10.2. The summed E-state index contributed by atoms with van der Waals surface area (Å²) in [6, 6.07) is 3.65. The molecule has 1 heterocycles. The van der Waals surface area contributed by atoms with Gasteiger partial charge in [-0.25, -0.2) is 0 Å². The van der Waals surface area contributed by atoms with Gasteiger partial charge in [-0.2, -0.15) is 5.10 Å². The fraction of sp³-hybridized carbons (Fsp3) is 0.222. The standard InChI is InChI=1S/C9H10ClN3O/c10-1-2-14-9-4-8-6(3-7(9)11)5-12-13-8/h3-5H,1-2,11H2,(H,12,13). The molecule has 74 valence electrons. The van der Waals surface area contributed by atoms with Gasteiger partial charge in [-0.05, 0) is 6.07 Å². The van der Waals surface area contributed by atoms with E-state index in [1.807, 2.05) is 12.1 Å². The predicted octanol–water partition coefficient (Wildman–Crippen LogP) is 1.76. The Bertz CT molecular complexity index is 441. The summed E-state index contributed by atoms with van der Waals surface area (Å²) in [5.41, 5.74) is 7.28. The molecular formula is C9H10ClN3O. The minimum absolute atomic E-state index is 0.445. The zero-order valence-corrected chi connectivity index (χ0v) is 8.21. The molecule has 0 spiro atoms. The minimum atomic E-state index is 0.445. The number of rotatable bonds is 3. The molecule has 2 aromatic rings. The average Bonchev–Trinajstić information content (AvgIpc) is 2.61. The van der Waals surface area contributed by atoms with Crippen molar-refractivity contribution in [1.82, 2.24) is 10.2 Å². The minimum Gasteiger partial charge on any atom is -0.490 e. The van der Waals surface area contributed by atoms with Crippen molar-refractivity contribution in [1.29, 1.82) is 0 Å². The third-order valence-corrected chi connectivity index (χ3v) is 2.06. The highest BCUT2D eigenvalue weighted by Gasteiger charge is 2.04. The Morgan fingerprint density at radius 1 is 1.50 bits per heavy atom. The topological polar surface area (TPSA) is 63.9 Å². The number of halogens is 1. The number of ether oxygens (including phenoxy) is 1. The van der Waals surface area contributed by atoms with Crippen molar-refractivity contribution >= 4 is 28.2 Å². The summed E-state index contributed by atoms with van der Waals surface area (Å²) in [4.78, 5) is 0. The maximum atomic E-state index is 5.78. The highest BCUT2D eigenvalue weighted by molar-refractivity contribution is 6.18. The molecule has 0 amide bonds. The Morgan fingerprint density at radius 2 is 2.36 bits per heavy atom. The van der Waals surface area contributed by atoms with Crippen molar-refractivity contribution in [2.45, 2.75) is 0 Å². The van der Waals surface area contributed by atoms with Crippen molar-refractivity contribution in [2.75, 3.05) is 18.2 Å². The molecule has 0 aliphatic rings. The number of hydrogen-bond acceptors (Lipinski definition) is 3. The summed E-state index contributed by atoms with van der Waals surface area (Å²) in [6.07, 6.45) is 1.72. The lowest BCUT2D eigenvalue weighted by Gasteiger charge is -2.06. The van der Waals surface area contributed by atoms with Crippen molar-refractivity contribution in [3.05, 3.63) is 18.3 Å². The van der Waals surface area contributed by atoms with Gasteiger partial charge < -0.3 is 10.5 Å².